The van der Waals surface area contributed by atoms with Gasteiger partial charge in [0.15, 0.2) is 0 Å². The van der Waals surface area contributed by atoms with E-state index in [9.17, 15) is 4.79 Å². The van der Waals surface area contributed by atoms with Crippen molar-refractivity contribution in [1.29, 1.82) is 0 Å². The van der Waals surface area contributed by atoms with E-state index in [-0.39, 0.29) is 12.1 Å². The largest absolute Gasteiger partial charge is 0.457 e. The van der Waals surface area contributed by atoms with E-state index in [4.69, 9.17) is 4.74 Å². The molecule has 1 fully saturated rings. The molecular weight excluding hydrogens is 238 g/mol. The van der Waals surface area contributed by atoms with Crippen LogP contribution in [0.2, 0.25) is 0 Å². The first kappa shape index (κ1) is 12.7. The molecule has 0 heterocycles. The fourth-order valence-corrected chi connectivity index (χ4v) is 2.73. The summed E-state index contributed by atoms with van der Waals surface area (Å²) in [6, 6.07) is 8.31. The predicted molar refractivity (Wildman–Crippen MR) is 73.8 cm³/mol. The molecule has 1 aromatic rings. The monoisotopic (exact) mass is 259 g/mol. The SMILES string of the molecule is O=C(CNCC1CC1)OC1CCCc2ccccc21. The van der Waals surface area contributed by atoms with Crippen LogP contribution in [0.3, 0.4) is 0 Å². The van der Waals surface area contributed by atoms with Crippen LogP contribution in [0.4, 0.5) is 0 Å². The van der Waals surface area contributed by atoms with Crippen molar-refractivity contribution in [3.63, 3.8) is 0 Å². The molecule has 0 saturated heterocycles. The minimum Gasteiger partial charge on any atom is -0.457 e. The van der Waals surface area contributed by atoms with Crippen molar-refractivity contribution in [3.05, 3.63) is 35.4 Å². The first-order chi connectivity index (χ1) is 9.33. The molecule has 0 bridgehead atoms. The summed E-state index contributed by atoms with van der Waals surface area (Å²) < 4.78 is 5.62. The molecule has 2 aliphatic rings. The van der Waals surface area contributed by atoms with E-state index in [1.54, 1.807) is 0 Å². The normalized spacial score (nSPS) is 21.8. The second-order valence-corrected chi connectivity index (χ2v) is 5.64. The van der Waals surface area contributed by atoms with Gasteiger partial charge >= 0.3 is 5.97 Å². The number of hydrogen-bond donors (Lipinski definition) is 1. The van der Waals surface area contributed by atoms with Crippen LogP contribution in [0.15, 0.2) is 24.3 Å². The van der Waals surface area contributed by atoms with Gasteiger partial charge in [-0.3, -0.25) is 4.79 Å². The van der Waals surface area contributed by atoms with Crippen LogP contribution in [0.25, 0.3) is 0 Å². The first-order valence-electron chi connectivity index (χ1n) is 7.31. The molecule has 19 heavy (non-hydrogen) atoms. The summed E-state index contributed by atoms with van der Waals surface area (Å²) in [5, 5.41) is 3.19. The molecule has 1 saturated carbocycles. The molecule has 0 amide bonds. The van der Waals surface area contributed by atoms with Gasteiger partial charge in [0.25, 0.3) is 0 Å². The molecular formula is C16H21NO2. The molecule has 1 N–H and O–H groups in total. The van der Waals surface area contributed by atoms with E-state index in [2.05, 4.69) is 23.5 Å². The van der Waals surface area contributed by atoms with Crippen LogP contribution >= 0.6 is 0 Å². The van der Waals surface area contributed by atoms with Crippen LogP contribution in [-0.4, -0.2) is 19.1 Å². The number of rotatable bonds is 5. The molecule has 2 aliphatic carbocycles. The maximum absolute atomic E-state index is 11.8. The van der Waals surface area contributed by atoms with E-state index in [0.29, 0.717) is 6.54 Å². The van der Waals surface area contributed by atoms with Gasteiger partial charge in [-0.15, -0.1) is 0 Å². The van der Waals surface area contributed by atoms with Crippen LogP contribution in [0.1, 0.15) is 42.9 Å². The van der Waals surface area contributed by atoms with Gasteiger partial charge < -0.3 is 10.1 Å². The fourth-order valence-electron chi connectivity index (χ4n) is 2.73. The van der Waals surface area contributed by atoms with E-state index in [1.165, 1.54) is 24.0 Å². The van der Waals surface area contributed by atoms with Gasteiger partial charge in [0.2, 0.25) is 0 Å². The van der Waals surface area contributed by atoms with Gasteiger partial charge in [-0.25, -0.2) is 0 Å². The molecule has 102 valence electrons. The molecule has 1 unspecified atom stereocenters. The number of carbonyl (C=O) groups excluding carboxylic acids is 1. The molecule has 0 aliphatic heterocycles. The number of aryl methyl sites for hydroxylation is 1. The highest BCUT2D eigenvalue weighted by Gasteiger charge is 2.24. The maximum Gasteiger partial charge on any atom is 0.320 e. The minimum atomic E-state index is -0.123. The van der Waals surface area contributed by atoms with E-state index in [0.717, 1.165) is 31.7 Å². The quantitative estimate of drug-likeness (QED) is 0.826. The summed E-state index contributed by atoms with van der Waals surface area (Å²) in [5.41, 5.74) is 2.53. The van der Waals surface area contributed by atoms with Gasteiger partial charge in [0.1, 0.15) is 6.10 Å². The summed E-state index contributed by atoms with van der Waals surface area (Å²) in [5.74, 6) is 0.672. The fraction of sp³-hybridized carbons (Fsp3) is 0.562. The zero-order valence-corrected chi connectivity index (χ0v) is 11.2. The van der Waals surface area contributed by atoms with E-state index < -0.39 is 0 Å². The highest BCUT2D eigenvalue weighted by atomic mass is 16.5. The zero-order valence-electron chi connectivity index (χ0n) is 11.2. The molecule has 3 rings (SSSR count). The van der Waals surface area contributed by atoms with Crippen LogP contribution in [-0.2, 0) is 16.0 Å². The molecule has 1 aromatic carbocycles. The number of fused-ring (bicyclic) bond motifs is 1. The highest BCUT2D eigenvalue weighted by Crippen LogP contribution is 2.32. The summed E-state index contributed by atoms with van der Waals surface area (Å²) in [4.78, 5) is 11.8. The van der Waals surface area contributed by atoms with Gasteiger partial charge in [-0.05, 0) is 55.7 Å². The van der Waals surface area contributed by atoms with Crippen molar-refractivity contribution in [2.24, 2.45) is 5.92 Å². The lowest BCUT2D eigenvalue weighted by Gasteiger charge is -2.25. The Kier molecular flexibility index (Phi) is 3.83. The van der Waals surface area contributed by atoms with Crippen molar-refractivity contribution in [1.82, 2.24) is 5.32 Å². The average Bonchev–Trinajstić information content (AvgIpc) is 3.23. The Bertz CT molecular complexity index is 454. The third-order valence-corrected chi connectivity index (χ3v) is 3.99. The Hall–Kier alpha value is -1.35. The van der Waals surface area contributed by atoms with Gasteiger partial charge in [-0.2, -0.15) is 0 Å². The zero-order chi connectivity index (χ0) is 13.1. The molecule has 3 heteroatoms. The number of nitrogens with one attached hydrogen (secondary N) is 1. The molecule has 0 spiro atoms. The average molecular weight is 259 g/mol. The van der Waals surface area contributed by atoms with Crippen molar-refractivity contribution in [3.8, 4) is 0 Å². The summed E-state index contributed by atoms with van der Waals surface area (Å²) in [7, 11) is 0. The summed E-state index contributed by atoms with van der Waals surface area (Å²) in [6.45, 7) is 1.30. The number of benzene rings is 1. The van der Waals surface area contributed by atoms with Gasteiger partial charge in [-0.1, -0.05) is 24.3 Å². The molecule has 0 radical (unpaired) electrons. The van der Waals surface area contributed by atoms with Crippen LogP contribution < -0.4 is 5.32 Å². The topological polar surface area (TPSA) is 38.3 Å². The third kappa shape index (κ3) is 3.35. The smallest absolute Gasteiger partial charge is 0.320 e. The lowest BCUT2D eigenvalue weighted by Crippen LogP contribution is -2.28. The number of carbonyl (C=O) groups is 1. The lowest BCUT2D eigenvalue weighted by atomic mass is 9.89. The molecule has 3 nitrogen and oxygen atoms in total. The highest BCUT2D eigenvalue weighted by molar-refractivity contribution is 5.72. The first-order valence-corrected chi connectivity index (χ1v) is 7.31. The summed E-state index contributed by atoms with van der Waals surface area (Å²) in [6.07, 6.45) is 5.72. The van der Waals surface area contributed by atoms with E-state index >= 15 is 0 Å². The van der Waals surface area contributed by atoms with Crippen molar-refractivity contribution < 1.29 is 9.53 Å². The minimum absolute atomic E-state index is 0.0415. The van der Waals surface area contributed by atoms with Crippen molar-refractivity contribution in [2.45, 2.75) is 38.2 Å². The molecule has 0 aromatic heterocycles. The Labute approximate surface area is 114 Å². The Morgan fingerprint density at radius 2 is 2.11 bits per heavy atom. The third-order valence-electron chi connectivity index (χ3n) is 3.99. The predicted octanol–water partition coefficient (Wildman–Crippen LogP) is 2.61. The Morgan fingerprint density at radius 3 is 2.95 bits per heavy atom. The van der Waals surface area contributed by atoms with Crippen LogP contribution in [0, 0.1) is 5.92 Å². The van der Waals surface area contributed by atoms with Gasteiger partial charge in [0.05, 0.1) is 6.54 Å². The molecule has 1 atom stereocenters. The lowest BCUT2D eigenvalue weighted by molar-refractivity contribution is -0.149. The van der Waals surface area contributed by atoms with Gasteiger partial charge in [0, 0.05) is 0 Å². The second kappa shape index (κ2) is 5.74. The van der Waals surface area contributed by atoms with Crippen LogP contribution in [0.5, 0.6) is 0 Å². The Balaban J connectivity index is 1.53. The standard InChI is InChI=1S/C16H21NO2/c18-16(11-17-10-12-8-9-12)19-15-7-3-5-13-4-1-2-6-14(13)15/h1-2,4,6,12,15,17H,3,5,7-11H2. The van der Waals surface area contributed by atoms with Crippen molar-refractivity contribution in [2.75, 3.05) is 13.1 Å². The number of esters is 1. The van der Waals surface area contributed by atoms with Crippen molar-refractivity contribution >= 4 is 5.97 Å². The number of ether oxygens (including phenoxy) is 1. The maximum atomic E-state index is 11.8. The summed E-state index contributed by atoms with van der Waals surface area (Å²) >= 11 is 0. The second-order valence-electron chi connectivity index (χ2n) is 5.64. The Morgan fingerprint density at radius 1 is 1.26 bits per heavy atom. The number of hydrogen-bond acceptors (Lipinski definition) is 3. The van der Waals surface area contributed by atoms with E-state index in [1.807, 2.05) is 6.07 Å².